The molecule has 0 aliphatic rings. The molecule has 0 saturated heterocycles. The van der Waals surface area contributed by atoms with Crippen molar-refractivity contribution in [3.63, 3.8) is 0 Å². The van der Waals surface area contributed by atoms with E-state index in [9.17, 15) is 0 Å². The Labute approximate surface area is 323 Å². The van der Waals surface area contributed by atoms with Gasteiger partial charge in [-0.2, -0.15) is 9.97 Å². The standard InChI is InChI=1S/C51H33N5/c1-5-18-34(19-6-1)38-28-17-29-41-39-26-13-15-30-44(39)55(48(38)41)46-33-47-43(32-42(46)35-20-7-2-8-21-35)40-27-14-16-31-45(40)56(47)51-53-49(36-22-9-3-10-23-36)52-50(54-51)37-24-11-4-12-25-37/h1-33H. The smallest absolute Gasteiger partial charge is 0.238 e. The lowest BCUT2D eigenvalue weighted by Gasteiger charge is -2.17. The number of fused-ring (bicyclic) bond motifs is 6. The molecule has 262 valence electrons. The monoisotopic (exact) mass is 715 g/mol. The van der Waals surface area contributed by atoms with Crippen molar-refractivity contribution in [1.82, 2.24) is 24.1 Å². The van der Waals surface area contributed by atoms with Crippen molar-refractivity contribution in [2.24, 2.45) is 0 Å². The Morgan fingerprint density at radius 1 is 0.304 bits per heavy atom. The summed E-state index contributed by atoms with van der Waals surface area (Å²) in [7, 11) is 0. The lowest BCUT2D eigenvalue weighted by molar-refractivity contribution is 0.953. The Balaban J connectivity index is 1.29. The molecule has 0 radical (unpaired) electrons. The van der Waals surface area contributed by atoms with Crippen LogP contribution in [0.25, 0.3) is 100 Å². The molecule has 8 aromatic carbocycles. The zero-order valence-electron chi connectivity index (χ0n) is 30.3. The van der Waals surface area contributed by atoms with Crippen molar-refractivity contribution in [1.29, 1.82) is 0 Å². The van der Waals surface area contributed by atoms with Crippen molar-refractivity contribution < 1.29 is 0 Å². The van der Waals surface area contributed by atoms with Gasteiger partial charge in [-0.1, -0.05) is 176 Å². The Bertz CT molecular complexity index is 3160. The summed E-state index contributed by atoms with van der Waals surface area (Å²) in [6.45, 7) is 0. The third-order valence-electron chi connectivity index (χ3n) is 10.8. The predicted molar refractivity (Wildman–Crippen MR) is 230 cm³/mol. The fourth-order valence-electron chi connectivity index (χ4n) is 8.27. The van der Waals surface area contributed by atoms with Crippen LogP contribution in [0, 0.1) is 0 Å². The summed E-state index contributed by atoms with van der Waals surface area (Å²) >= 11 is 0. The van der Waals surface area contributed by atoms with Crippen LogP contribution in [0.5, 0.6) is 0 Å². The molecule has 11 aromatic rings. The van der Waals surface area contributed by atoms with Gasteiger partial charge in [-0.3, -0.25) is 4.57 Å². The van der Waals surface area contributed by atoms with E-state index in [1.54, 1.807) is 0 Å². The van der Waals surface area contributed by atoms with Crippen LogP contribution in [0.2, 0.25) is 0 Å². The average molecular weight is 716 g/mol. The van der Waals surface area contributed by atoms with E-state index in [0.717, 1.165) is 60.8 Å². The molecule has 3 heterocycles. The first-order chi connectivity index (χ1) is 27.8. The van der Waals surface area contributed by atoms with Crippen molar-refractivity contribution in [3.8, 4) is 56.7 Å². The molecular formula is C51H33N5. The summed E-state index contributed by atoms with van der Waals surface area (Å²) in [5.41, 5.74) is 11.9. The first-order valence-electron chi connectivity index (χ1n) is 18.9. The van der Waals surface area contributed by atoms with E-state index in [-0.39, 0.29) is 0 Å². The molecule has 0 saturated carbocycles. The molecule has 0 amide bonds. The highest BCUT2D eigenvalue weighted by Crippen LogP contribution is 2.43. The summed E-state index contributed by atoms with van der Waals surface area (Å²) in [5.74, 6) is 1.81. The first-order valence-corrected chi connectivity index (χ1v) is 18.9. The predicted octanol–water partition coefficient (Wildman–Crippen LogP) is 12.7. The van der Waals surface area contributed by atoms with Crippen molar-refractivity contribution in [2.75, 3.05) is 0 Å². The normalized spacial score (nSPS) is 11.6. The molecule has 0 bridgehead atoms. The van der Waals surface area contributed by atoms with Gasteiger partial charge < -0.3 is 4.57 Å². The van der Waals surface area contributed by atoms with Crippen LogP contribution >= 0.6 is 0 Å². The molecule has 0 N–H and O–H groups in total. The van der Waals surface area contributed by atoms with E-state index < -0.39 is 0 Å². The van der Waals surface area contributed by atoms with Gasteiger partial charge in [-0.25, -0.2) is 4.98 Å². The van der Waals surface area contributed by atoms with E-state index in [2.05, 4.69) is 173 Å². The van der Waals surface area contributed by atoms with Crippen LogP contribution < -0.4 is 0 Å². The second-order valence-corrected chi connectivity index (χ2v) is 14.0. The summed E-state index contributed by atoms with van der Waals surface area (Å²) in [6, 6.07) is 70.5. The topological polar surface area (TPSA) is 48.5 Å². The molecule has 0 atom stereocenters. The highest BCUT2D eigenvalue weighted by Gasteiger charge is 2.23. The second-order valence-electron chi connectivity index (χ2n) is 14.0. The van der Waals surface area contributed by atoms with Gasteiger partial charge in [-0.05, 0) is 35.4 Å². The SMILES string of the molecule is c1ccc(-c2nc(-c3ccccc3)nc(-n3c4ccccc4c4cc(-c5ccccc5)c(-n5c6ccccc6c6cccc(-c7ccccc7)c65)cc43)n2)cc1. The third-order valence-corrected chi connectivity index (χ3v) is 10.8. The highest BCUT2D eigenvalue weighted by molar-refractivity contribution is 6.16. The second kappa shape index (κ2) is 13.0. The van der Waals surface area contributed by atoms with Gasteiger partial charge in [0.25, 0.3) is 0 Å². The Kier molecular flexibility index (Phi) is 7.42. The van der Waals surface area contributed by atoms with Crippen molar-refractivity contribution in [2.45, 2.75) is 0 Å². The zero-order chi connectivity index (χ0) is 37.0. The molecule has 0 unspecified atom stereocenters. The van der Waals surface area contributed by atoms with Crippen molar-refractivity contribution in [3.05, 3.63) is 200 Å². The molecule has 3 aromatic heterocycles. The number of para-hydroxylation sites is 3. The Morgan fingerprint density at radius 3 is 1.36 bits per heavy atom. The zero-order valence-corrected chi connectivity index (χ0v) is 30.3. The summed E-state index contributed by atoms with van der Waals surface area (Å²) in [4.78, 5) is 15.5. The van der Waals surface area contributed by atoms with Gasteiger partial charge in [-0.15, -0.1) is 0 Å². The fourth-order valence-corrected chi connectivity index (χ4v) is 8.27. The number of nitrogens with zero attached hydrogens (tertiary/aromatic N) is 5. The highest BCUT2D eigenvalue weighted by atomic mass is 15.2. The minimum absolute atomic E-state index is 0.564. The number of hydrogen-bond acceptors (Lipinski definition) is 3. The molecule has 5 nitrogen and oxygen atoms in total. The third kappa shape index (κ3) is 5.13. The molecular weight excluding hydrogens is 683 g/mol. The number of aromatic nitrogens is 5. The largest absolute Gasteiger partial charge is 0.308 e. The first kappa shape index (κ1) is 31.9. The van der Waals surface area contributed by atoms with Crippen LogP contribution in [0.4, 0.5) is 0 Å². The molecule has 0 aliphatic carbocycles. The van der Waals surface area contributed by atoms with E-state index in [1.165, 1.54) is 21.9 Å². The minimum atomic E-state index is 0.564. The molecule has 0 aliphatic heterocycles. The maximum absolute atomic E-state index is 5.23. The minimum Gasteiger partial charge on any atom is -0.308 e. The van der Waals surface area contributed by atoms with Gasteiger partial charge in [0.1, 0.15) is 0 Å². The van der Waals surface area contributed by atoms with Gasteiger partial charge in [0.2, 0.25) is 5.95 Å². The Hall–Kier alpha value is -7.63. The molecule has 0 spiro atoms. The molecule has 11 rings (SSSR count). The lowest BCUT2D eigenvalue weighted by Crippen LogP contribution is -2.07. The maximum Gasteiger partial charge on any atom is 0.238 e. The summed E-state index contributed by atoms with van der Waals surface area (Å²) in [6.07, 6.45) is 0. The van der Waals surface area contributed by atoms with Crippen LogP contribution in [0.3, 0.4) is 0 Å². The van der Waals surface area contributed by atoms with E-state index in [1.807, 2.05) is 36.4 Å². The van der Waals surface area contributed by atoms with Crippen LogP contribution in [-0.2, 0) is 0 Å². The van der Waals surface area contributed by atoms with Crippen molar-refractivity contribution >= 4 is 43.6 Å². The number of hydrogen-bond donors (Lipinski definition) is 0. The van der Waals surface area contributed by atoms with E-state index in [4.69, 9.17) is 15.0 Å². The maximum atomic E-state index is 5.23. The van der Waals surface area contributed by atoms with Gasteiger partial charge in [0.05, 0.1) is 27.8 Å². The molecule has 5 heteroatoms. The van der Waals surface area contributed by atoms with Crippen LogP contribution in [0.1, 0.15) is 0 Å². The fraction of sp³-hybridized carbons (Fsp3) is 0. The van der Waals surface area contributed by atoms with Crippen LogP contribution in [-0.4, -0.2) is 24.1 Å². The summed E-state index contributed by atoms with van der Waals surface area (Å²) < 4.78 is 4.68. The number of rotatable bonds is 6. The number of benzene rings is 8. The molecule has 0 fully saturated rings. The average Bonchev–Trinajstić information content (AvgIpc) is 3.79. The van der Waals surface area contributed by atoms with Crippen LogP contribution in [0.15, 0.2) is 200 Å². The quantitative estimate of drug-likeness (QED) is 0.172. The van der Waals surface area contributed by atoms with Gasteiger partial charge >= 0.3 is 0 Å². The molecule has 56 heavy (non-hydrogen) atoms. The Morgan fingerprint density at radius 2 is 0.768 bits per heavy atom. The van der Waals surface area contributed by atoms with E-state index in [0.29, 0.717) is 17.6 Å². The lowest BCUT2D eigenvalue weighted by atomic mass is 9.99. The van der Waals surface area contributed by atoms with Gasteiger partial charge in [0.15, 0.2) is 11.6 Å². The van der Waals surface area contributed by atoms with E-state index >= 15 is 0 Å². The van der Waals surface area contributed by atoms with Gasteiger partial charge in [0, 0.05) is 43.8 Å². The summed E-state index contributed by atoms with van der Waals surface area (Å²) in [5, 5.41) is 4.66.